The number of pyridine rings is 1. The molecule has 1 fully saturated rings. The summed E-state index contributed by atoms with van der Waals surface area (Å²) in [6.07, 6.45) is 0.924. The van der Waals surface area contributed by atoms with Crippen LogP contribution in [-0.4, -0.2) is 51.6 Å². The van der Waals surface area contributed by atoms with Gasteiger partial charge < -0.3 is 19.3 Å². The molecule has 2 aromatic heterocycles. The molecule has 1 aliphatic heterocycles. The van der Waals surface area contributed by atoms with Crippen molar-refractivity contribution in [3.8, 4) is 17.1 Å². The van der Waals surface area contributed by atoms with Crippen molar-refractivity contribution in [3.05, 3.63) is 46.8 Å². The van der Waals surface area contributed by atoms with Gasteiger partial charge in [0.15, 0.2) is 23.0 Å². The molecular formula is C23H24F4N4O3. The van der Waals surface area contributed by atoms with Crippen LogP contribution in [-0.2, 0) is 6.54 Å². The van der Waals surface area contributed by atoms with Crippen LogP contribution in [0.25, 0.3) is 22.2 Å². The standard InChI is InChI=1S/C23H24F4N4O3/c1-3-4-5-7-30-8-6-14-9-16(17(24)10-15(14)21(30)32)19-28-11-18(34-2)20(29-19)31-12-22(33,13-31)23(25,26)27/h6,8-11,33H,3-5,7,12-13H2,1-2H3. The molecule has 4 rings (SSSR count). The molecule has 1 saturated heterocycles. The van der Waals surface area contributed by atoms with E-state index in [1.54, 1.807) is 16.8 Å². The summed E-state index contributed by atoms with van der Waals surface area (Å²) >= 11 is 0. The van der Waals surface area contributed by atoms with Gasteiger partial charge in [-0.15, -0.1) is 0 Å². The van der Waals surface area contributed by atoms with Gasteiger partial charge >= 0.3 is 6.18 Å². The van der Waals surface area contributed by atoms with Crippen LogP contribution < -0.4 is 15.2 Å². The molecule has 0 aliphatic carbocycles. The number of aliphatic hydroxyl groups is 1. The van der Waals surface area contributed by atoms with Gasteiger partial charge in [0.1, 0.15) is 5.82 Å². The minimum atomic E-state index is -4.79. The molecule has 0 bridgehead atoms. The van der Waals surface area contributed by atoms with Crippen molar-refractivity contribution in [3.63, 3.8) is 0 Å². The van der Waals surface area contributed by atoms with Crippen molar-refractivity contribution in [1.82, 2.24) is 14.5 Å². The highest BCUT2D eigenvalue weighted by molar-refractivity contribution is 5.86. The normalized spacial score (nSPS) is 15.4. The summed E-state index contributed by atoms with van der Waals surface area (Å²) in [7, 11) is 1.31. The van der Waals surface area contributed by atoms with E-state index in [4.69, 9.17) is 4.74 Å². The van der Waals surface area contributed by atoms with E-state index in [-0.39, 0.29) is 33.9 Å². The summed E-state index contributed by atoms with van der Waals surface area (Å²) in [5.74, 6) is -0.719. The highest BCUT2D eigenvalue weighted by Crippen LogP contribution is 2.42. The first-order chi connectivity index (χ1) is 16.1. The van der Waals surface area contributed by atoms with Crippen LogP contribution in [0.4, 0.5) is 23.4 Å². The largest absolute Gasteiger partial charge is 0.491 e. The van der Waals surface area contributed by atoms with Crippen LogP contribution >= 0.6 is 0 Å². The number of aryl methyl sites for hydroxylation is 1. The van der Waals surface area contributed by atoms with E-state index in [9.17, 15) is 23.1 Å². The van der Waals surface area contributed by atoms with Gasteiger partial charge in [-0.25, -0.2) is 14.4 Å². The first-order valence-corrected chi connectivity index (χ1v) is 10.9. The SMILES string of the molecule is CCCCCn1ccc2cc(-c3ncc(OC)c(N4CC(O)(C(F)(F)F)C4)n3)c(F)cc2c1=O. The van der Waals surface area contributed by atoms with E-state index >= 15 is 4.39 Å². The number of anilines is 1. The molecule has 0 radical (unpaired) electrons. The minimum Gasteiger partial charge on any atom is -0.491 e. The second kappa shape index (κ2) is 8.86. The number of halogens is 4. The third-order valence-corrected chi connectivity index (χ3v) is 6.00. The van der Waals surface area contributed by atoms with Crippen LogP contribution in [0.5, 0.6) is 5.75 Å². The Balaban J connectivity index is 1.69. The van der Waals surface area contributed by atoms with Crippen LogP contribution in [0.2, 0.25) is 0 Å². The van der Waals surface area contributed by atoms with Gasteiger partial charge in [-0.2, -0.15) is 13.2 Å². The van der Waals surface area contributed by atoms with Crippen LogP contribution in [0.1, 0.15) is 26.2 Å². The Morgan fingerprint density at radius 3 is 2.62 bits per heavy atom. The molecule has 3 heterocycles. The molecule has 182 valence electrons. The molecule has 34 heavy (non-hydrogen) atoms. The van der Waals surface area contributed by atoms with Gasteiger partial charge in [0.25, 0.3) is 5.56 Å². The summed E-state index contributed by atoms with van der Waals surface area (Å²) in [5.41, 5.74) is -3.16. The number of alkyl halides is 3. The first kappa shape index (κ1) is 23.9. The summed E-state index contributed by atoms with van der Waals surface area (Å²) in [5, 5.41) is 10.5. The number of ether oxygens (including phenoxy) is 1. The van der Waals surface area contributed by atoms with Crippen molar-refractivity contribution in [2.45, 2.75) is 44.5 Å². The molecule has 0 saturated carbocycles. The number of β-amino-alcohol motifs (C(OH)–C–C–N with tert-alkyl or cyclic N) is 1. The van der Waals surface area contributed by atoms with E-state index in [2.05, 4.69) is 16.9 Å². The van der Waals surface area contributed by atoms with Crippen molar-refractivity contribution >= 4 is 16.6 Å². The Hall–Kier alpha value is -3.21. The average Bonchev–Trinajstić information content (AvgIpc) is 2.77. The summed E-state index contributed by atoms with van der Waals surface area (Å²) in [4.78, 5) is 22.3. The number of aromatic nitrogens is 3. The number of unbranched alkanes of at least 4 members (excludes halogenated alkanes) is 2. The molecule has 1 N–H and O–H groups in total. The number of hydrogen-bond acceptors (Lipinski definition) is 6. The number of rotatable bonds is 7. The Bertz CT molecular complexity index is 1270. The van der Waals surface area contributed by atoms with Gasteiger partial charge in [0.2, 0.25) is 0 Å². The fourth-order valence-electron chi connectivity index (χ4n) is 3.96. The summed E-state index contributed by atoms with van der Waals surface area (Å²) in [6.45, 7) is 1.13. The minimum absolute atomic E-state index is 0.00673. The van der Waals surface area contributed by atoms with Gasteiger partial charge in [-0.3, -0.25) is 4.79 Å². The van der Waals surface area contributed by atoms with E-state index in [0.29, 0.717) is 11.9 Å². The highest BCUT2D eigenvalue weighted by atomic mass is 19.4. The molecular weight excluding hydrogens is 456 g/mol. The first-order valence-electron chi connectivity index (χ1n) is 10.9. The van der Waals surface area contributed by atoms with Gasteiger partial charge in [-0.05, 0) is 30.0 Å². The Morgan fingerprint density at radius 1 is 1.24 bits per heavy atom. The lowest BCUT2D eigenvalue weighted by atomic mass is 9.93. The van der Waals surface area contributed by atoms with Crippen LogP contribution in [0.3, 0.4) is 0 Å². The lowest BCUT2D eigenvalue weighted by molar-refractivity contribution is -0.267. The van der Waals surface area contributed by atoms with Gasteiger partial charge in [0, 0.05) is 12.7 Å². The maximum atomic E-state index is 15.1. The van der Waals surface area contributed by atoms with Gasteiger partial charge in [-0.1, -0.05) is 19.8 Å². The lowest BCUT2D eigenvalue weighted by Crippen LogP contribution is -2.69. The zero-order valence-electron chi connectivity index (χ0n) is 18.7. The zero-order chi connectivity index (χ0) is 24.7. The summed E-state index contributed by atoms with van der Waals surface area (Å²) in [6, 6.07) is 4.27. The smallest absolute Gasteiger partial charge is 0.420 e. The maximum Gasteiger partial charge on any atom is 0.420 e. The van der Waals surface area contributed by atoms with E-state index < -0.39 is 30.7 Å². The van der Waals surface area contributed by atoms with E-state index in [1.165, 1.54) is 24.3 Å². The fraction of sp³-hybridized carbons (Fsp3) is 0.435. The quantitative estimate of drug-likeness (QED) is 0.408. The topological polar surface area (TPSA) is 80.5 Å². The second-order valence-corrected chi connectivity index (χ2v) is 8.41. The third kappa shape index (κ3) is 4.20. The Kier molecular flexibility index (Phi) is 6.24. The number of hydrogen-bond donors (Lipinski definition) is 1. The average molecular weight is 480 g/mol. The van der Waals surface area contributed by atoms with E-state index in [0.717, 1.165) is 25.3 Å². The van der Waals surface area contributed by atoms with Gasteiger partial charge in [0.05, 0.1) is 37.3 Å². The molecule has 0 unspecified atom stereocenters. The van der Waals surface area contributed by atoms with Crippen molar-refractivity contribution in [1.29, 1.82) is 0 Å². The van der Waals surface area contributed by atoms with E-state index in [1.807, 2.05) is 0 Å². The molecule has 1 aliphatic rings. The van der Waals surface area contributed by atoms with Crippen LogP contribution in [0, 0.1) is 5.82 Å². The van der Waals surface area contributed by atoms with Crippen molar-refractivity contribution < 1.29 is 27.4 Å². The van der Waals surface area contributed by atoms with Crippen molar-refractivity contribution in [2.24, 2.45) is 0 Å². The molecule has 0 amide bonds. The molecule has 1 aromatic carbocycles. The second-order valence-electron chi connectivity index (χ2n) is 8.41. The lowest BCUT2D eigenvalue weighted by Gasteiger charge is -2.47. The molecule has 0 spiro atoms. The predicted molar refractivity (Wildman–Crippen MR) is 118 cm³/mol. The van der Waals surface area contributed by atoms with Crippen molar-refractivity contribution in [2.75, 3.05) is 25.1 Å². The summed E-state index contributed by atoms with van der Waals surface area (Å²) < 4.78 is 60.8. The fourth-order valence-corrected chi connectivity index (χ4v) is 3.96. The Morgan fingerprint density at radius 2 is 1.97 bits per heavy atom. The maximum absolute atomic E-state index is 15.1. The molecule has 0 atom stereocenters. The molecule has 7 nitrogen and oxygen atoms in total. The number of methoxy groups -OCH3 is 1. The Labute approximate surface area is 192 Å². The number of fused-ring (bicyclic) bond motifs is 1. The third-order valence-electron chi connectivity index (χ3n) is 6.00. The van der Waals surface area contributed by atoms with Crippen LogP contribution in [0.15, 0.2) is 35.4 Å². The number of nitrogens with zero attached hydrogens (tertiary/aromatic N) is 4. The predicted octanol–water partition coefficient (Wildman–Crippen LogP) is 3.91. The molecule has 3 aromatic rings. The zero-order valence-corrected chi connectivity index (χ0v) is 18.7. The molecule has 11 heteroatoms. The monoisotopic (exact) mass is 480 g/mol. The number of benzene rings is 1. The highest BCUT2D eigenvalue weighted by Gasteiger charge is 2.61.